The maximum atomic E-state index is 4.14. The number of rotatable bonds is 6. The van der Waals surface area contributed by atoms with Crippen LogP contribution >= 0.6 is 0 Å². The minimum absolute atomic E-state index is 0.687. The van der Waals surface area contributed by atoms with Crippen LogP contribution in [0, 0.1) is 5.92 Å². The molecule has 0 fully saturated rings. The first-order valence-electron chi connectivity index (χ1n) is 7.64. The molecule has 0 amide bonds. The van der Waals surface area contributed by atoms with Crippen molar-refractivity contribution in [3.05, 3.63) is 71.4 Å². The third-order valence-electron chi connectivity index (χ3n) is 3.39. The molecular formula is C20H28. The molecule has 0 aromatic carbocycles. The average molecular weight is 268 g/mol. The van der Waals surface area contributed by atoms with E-state index in [1.165, 1.54) is 16.7 Å². The molecule has 0 atom stereocenters. The molecule has 0 aliphatic heterocycles. The molecule has 1 aliphatic carbocycles. The Morgan fingerprint density at radius 1 is 1.35 bits per heavy atom. The van der Waals surface area contributed by atoms with Gasteiger partial charge < -0.3 is 0 Å². The average Bonchev–Trinajstić information content (AvgIpc) is 2.42. The van der Waals surface area contributed by atoms with Gasteiger partial charge in [0.15, 0.2) is 0 Å². The van der Waals surface area contributed by atoms with Crippen LogP contribution in [0.25, 0.3) is 0 Å². The third kappa shape index (κ3) is 5.61. The zero-order valence-electron chi connectivity index (χ0n) is 13.4. The normalized spacial score (nSPS) is 18.1. The van der Waals surface area contributed by atoms with Crippen LogP contribution < -0.4 is 0 Å². The van der Waals surface area contributed by atoms with Gasteiger partial charge in [-0.15, -0.1) is 0 Å². The summed E-state index contributed by atoms with van der Waals surface area (Å²) >= 11 is 0. The molecule has 0 heteroatoms. The molecule has 0 N–H and O–H groups in total. The van der Waals surface area contributed by atoms with Crippen molar-refractivity contribution in [1.29, 1.82) is 0 Å². The van der Waals surface area contributed by atoms with Gasteiger partial charge in [-0.2, -0.15) is 0 Å². The molecule has 0 aromatic rings. The molecule has 1 aliphatic rings. The van der Waals surface area contributed by atoms with Crippen molar-refractivity contribution in [1.82, 2.24) is 0 Å². The Hall–Kier alpha value is -1.56. The Labute approximate surface area is 125 Å². The smallest absolute Gasteiger partial charge is 0.00943 e. The number of hydrogen-bond donors (Lipinski definition) is 0. The van der Waals surface area contributed by atoms with Gasteiger partial charge in [0, 0.05) is 0 Å². The highest BCUT2D eigenvalue weighted by atomic mass is 14.1. The SMILES string of the molecule is C=C(C)C(=CCC(C)C)C(=CC=C1C=CC=CC1)CC. The van der Waals surface area contributed by atoms with E-state index < -0.39 is 0 Å². The Morgan fingerprint density at radius 3 is 2.60 bits per heavy atom. The van der Waals surface area contributed by atoms with E-state index in [0.717, 1.165) is 24.8 Å². The van der Waals surface area contributed by atoms with E-state index in [0.29, 0.717) is 5.92 Å². The van der Waals surface area contributed by atoms with Crippen LogP contribution in [0.3, 0.4) is 0 Å². The molecule has 1 rings (SSSR count). The molecule has 0 saturated carbocycles. The van der Waals surface area contributed by atoms with Crippen molar-refractivity contribution in [2.75, 3.05) is 0 Å². The van der Waals surface area contributed by atoms with Crippen LogP contribution in [-0.4, -0.2) is 0 Å². The largest absolute Gasteiger partial charge is 0.0955 e. The van der Waals surface area contributed by atoms with Crippen LogP contribution in [0.1, 0.15) is 47.0 Å². The van der Waals surface area contributed by atoms with E-state index in [1.54, 1.807) is 0 Å². The summed E-state index contributed by atoms with van der Waals surface area (Å²) in [6.07, 6.45) is 18.6. The van der Waals surface area contributed by atoms with Gasteiger partial charge in [-0.3, -0.25) is 0 Å². The van der Waals surface area contributed by atoms with Crippen molar-refractivity contribution in [3.8, 4) is 0 Å². The lowest BCUT2D eigenvalue weighted by Crippen LogP contribution is -1.93. The zero-order chi connectivity index (χ0) is 15.0. The monoisotopic (exact) mass is 268 g/mol. The summed E-state index contributed by atoms with van der Waals surface area (Å²) in [5.74, 6) is 0.687. The highest BCUT2D eigenvalue weighted by molar-refractivity contribution is 5.46. The lowest BCUT2D eigenvalue weighted by Gasteiger charge is -2.12. The molecular weight excluding hydrogens is 240 g/mol. The fourth-order valence-electron chi connectivity index (χ4n) is 2.19. The van der Waals surface area contributed by atoms with Gasteiger partial charge in [0.05, 0.1) is 0 Å². The van der Waals surface area contributed by atoms with Crippen molar-refractivity contribution in [2.24, 2.45) is 5.92 Å². The maximum absolute atomic E-state index is 4.14. The first kappa shape index (κ1) is 16.5. The summed E-state index contributed by atoms with van der Waals surface area (Å²) in [6.45, 7) is 13.0. The predicted molar refractivity (Wildman–Crippen MR) is 91.7 cm³/mol. The van der Waals surface area contributed by atoms with Gasteiger partial charge in [0.1, 0.15) is 0 Å². The van der Waals surface area contributed by atoms with Crippen molar-refractivity contribution < 1.29 is 0 Å². The molecule has 108 valence electrons. The Balaban J connectivity index is 2.95. The highest BCUT2D eigenvalue weighted by Crippen LogP contribution is 2.23. The summed E-state index contributed by atoms with van der Waals surface area (Å²) < 4.78 is 0. The van der Waals surface area contributed by atoms with Crippen LogP contribution in [-0.2, 0) is 0 Å². The van der Waals surface area contributed by atoms with E-state index in [9.17, 15) is 0 Å². The topological polar surface area (TPSA) is 0 Å². The van der Waals surface area contributed by atoms with Crippen LogP contribution in [0.2, 0.25) is 0 Å². The van der Waals surface area contributed by atoms with Gasteiger partial charge in [-0.25, -0.2) is 0 Å². The molecule has 0 heterocycles. The van der Waals surface area contributed by atoms with Crippen molar-refractivity contribution in [3.63, 3.8) is 0 Å². The molecule has 0 saturated heterocycles. The second-order valence-electron chi connectivity index (χ2n) is 5.81. The van der Waals surface area contributed by atoms with Gasteiger partial charge in [-0.05, 0) is 48.8 Å². The first-order valence-corrected chi connectivity index (χ1v) is 7.64. The van der Waals surface area contributed by atoms with E-state index in [2.05, 4.69) is 76.8 Å². The van der Waals surface area contributed by atoms with Crippen molar-refractivity contribution >= 4 is 0 Å². The van der Waals surface area contributed by atoms with E-state index in [4.69, 9.17) is 0 Å². The number of hydrogen-bond acceptors (Lipinski definition) is 0. The summed E-state index contributed by atoms with van der Waals surface area (Å²) in [6, 6.07) is 0. The quantitative estimate of drug-likeness (QED) is 0.495. The van der Waals surface area contributed by atoms with Crippen LogP contribution in [0.5, 0.6) is 0 Å². The van der Waals surface area contributed by atoms with Gasteiger partial charge >= 0.3 is 0 Å². The molecule has 0 spiro atoms. The molecule has 0 radical (unpaired) electrons. The summed E-state index contributed by atoms with van der Waals surface area (Å²) in [5, 5.41) is 0. The second-order valence-corrected chi connectivity index (χ2v) is 5.81. The minimum Gasteiger partial charge on any atom is -0.0955 e. The standard InChI is InChI=1S/C20H28/c1-6-19(14-13-18-10-8-7-9-11-18)20(17(4)5)15-12-16(2)3/h7-10,13-16H,4,6,11-12H2,1-3,5H3. The highest BCUT2D eigenvalue weighted by Gasteiger charge is 2.04. The lowest BCUT2D eigenvalue weighted by molar-refractivity contribution is 0.661. The fourth-order valence-corrected chi connectivity index (χ4v) is 2.19. The summed E-state index contributed by atoms with van der Waals surface area (Å²) in [5.41, 5.74) is 5.24. The minimum atomic E-state index is 0.687. The molecule has 0 aromatic heterocycles. The molecule has 0 bridgehead atoms. The van der Waals surface area contributed by atoms with Crippen LogP contribution in [0.4, 0.5) is 0 Å². The van der Waals surface area contributed by atoms with E-state index >= 15 is 0 Å². The van der Waals surface area contributed by atoms with E-state index in [-0.39, 0.29) is 0 Å². The zero-order valence-corrected chi connectivity index (χ0v) is 13.4. The first-order chi connectivity index (χ1) is 9.54. The Morgan fingerprint density at radius 2 is 2.10 bits per heavy atom. The van der Waals surface area contributed by atoms with E-state index in [1.807, 2.05) is 0 Å². The summed E-state index contributed by atoms with van der Waals surface area (Å²) in [7, 11) is 0. The van der Waals surface area contributed by atoms with Gasteiger partial charge in [-0.1, -0.05) is 75.5 Å². The van der Waals surface area contributed by atoms with Crippen LogP contribution in [0.15, 0.2) is 71.4 Å². The third-order valence-corrected chi connectivity index (χ3v) is 3.39. The Kier molecular flexibility index (Phi) is 7.08. The lowest BCUT2D eigenvalue weighted by atomic mass is 9.94. The molecule has 20 heavy (non-hydrogen) atoms. The van der Waals surface area contributed by atoms with Gasteiger partial charge in [0.25, 0.3) is 0 Å². The molecule has 0 nitrogen and oxygen atoms in total. The maximum Gasteiger partial charge on any atom is -0.00943 e. The van der Waals surface area contributed by atoms with Crippen molar-refractivity contribution in [2.45, 2.75) is 47.0 Å². The summed E-state index contributed by atoms with van der Waals surface area (Å²) in [4.78, 5) is 0. The van der Waals surface area contributed by atoms with Gasteiger partial charge in [0.2, 0.25) is 0 Å². The number of allylic oxidation sites excluding steroid dienone is 11. The predicted octanol–water partition coefficient (Wildman–Crippen LogP) is 6.31. The fraction of sp³-hybridized carbons (Fsp3) is 0.400. The second kappa shape index (κ2) is 8.58. The molecule has 0 unspecified atom stereocenters. The Bertz CT molecular complexity index is 476.